The van der Waals surface area contributed by atoms with E-state index in [1.807, 2.05) is 33.3 Å². The number of hydrogen-bond donors (Lipinski definition) is 1. The Morgan fingerprint density at radius 3 is 1.18 bits per heavy atom. The molecule has 0 spiro atoms. The fraction of sp³-hybridized carbons (Fsp3) is 0.829. The molecule has 0 fully saturated rings. The molecule has 0 aromatic carbocycles. The van der Waals surface area contributed by atoms with E-state index in [-0.39, 0.29) is 24.9 Å². The van der Waals surface area contributed by atoms with Crippen molar-refractivity contribution in [1.82, 2.24) is 5.32 Å². The van der Waals surface area contributed by atoms with Crippen molar-refractivity contribution >= 4 is 19.7 Å². The molecule has 80 heavy (non-hydrogen) atoms. The van der Waals surface area contributed by atoms with Crippen molar-refractivity contribution in [2.24, 2.45) is 0 Å². The number of ether oxygens (including phenoxy) is 1. The number of allylic oxidation sites excluding steroid dienone is 9. The lowest BCUT2D eigenvalue weighted by molar-refractivity contribution is -0.870. The van der Waals surface area contributed by atoms with Gasteiger partial charge in [0.2, 0.25) is 5.91 Å². The van der Waals surface area contributed by atoms with Gasteiger partial charge in [-0.05, 0) is 96.0 Å². The molecule has 9 nitrogen and oxygen atoms in total. The molecule has 0 aliphatic rings. The number of hydrogen-bond acceptors (Lipinski definition) is 7. The highest BCUT2D eigenvalue weighted by molar-refractivity contribution is 7.45. The third-order valence-corrected chi connectivity index (χ3v) is 16.1. The van der Waals surface area contributed by atoms with Gasteiger partial charge in [0.1, 0.15) is 19.3 Å². The Labute approximate surface area is 496 Å². The maximum Gasteiger partial charge on any atom is 0.306 e. The molecule has 0 aliphatic carbocycles. The van der Waals surface area contributed by atoms with Crippen LogP contribution in [0.15, 0.2) is 60.8 Å². The Morgan fingerprint density at radius 2 is 0.762 bits per heavy atom. The lowest BCUT2D eigenvalue weighted by Crippen LogP contribution is -2.47. The zero-order valence-corrected chi connectivity index (χ0v) is 54.4. The number of carbonyl (C=O) groups excluding carboxylic acids is 2. The van der Waals surface area contributed by atoms with Gasteiger partial charge in [0.05, 0.1) is 33.8 Å². The van der Waals surface area contributed by atoms with Gasteiger partial charge in [0.25, 0.3) is 7.82 Å². The average Bonchev–Trinajstić information content (AvgIpc) is 3.42. The predicted molar refractivity (Wildman–Crippen MR) is 344 cm³/mol. The monoisotopic (exact) mass is 1140 g/mol. The van der Waals surface area contributed by atoms with Gasteiger partial charge in [-0.25, -0.2) is 0 Å². The first kappa shape index (κ1) is 77.7. The van der Waals surface area contributed by atoms with Crippen molar-refractivity contribution < 1.29 is 37.3 Å². The number of nitrogens with zero attached hydrogens (tertiary/aromatic N) is 1. The van der Waals surface area contributed by atoms with Crippen LogP contribution in [0.2, 0.25) is 0 Å². The summed E-state index contributed by atoms with van der Waals surface area (Å²) < 4.78 is 30.4. The van der Waals surface area contributed by atoms with E-state index in [4.69, 9.17) is 13.8 Å². The first-order valence-electron chi connectivity index (χ1n) is 34.1. The number of carbonyl (C=O) groups is 2. The first-order valence-corrected chi connectivity index (χ1v) is 35.6. The second-order valence-electron chi connectivity index (χ2n) is 24.3. The van der Waals surface area contributed by atoms with Crippen LogP contribution in [0.4, 0.5) is 0 Å². The standard InChI is InChI=1S/C70H131N2O7P/c1-7-10-13-16-19-22-25-28-30-32-33-34-35-36-37-38-39-40-42-45-48-51-54-57-60-63-70(74)79-68(61-58-55-52-49-46-43-27-24-21-18-15-12-9-3)67(66-78-80(75,76)77-65-64-72(4,5)6)71-69(73)62-59-56-53-50-47-44-41-31-29-26-23-20-17-14-11-8-2/h19,22,28,30-31,33-34,41,58,61,67-68H,7-18,20-21,23-27,29,32,35-40,42-57,59-60,62-66H2,1-6H3,(H-,71,73,75,76)/b22-19-,30-28-,34-33-,41-31+,61-58-. The largest absolute Gasteiger partial charge is 0.756 e. The minimum Gasteiger partial charge on any atom is -0.756 e. The van der Waals surface area contributed by atoms with Crippen molar-refractivity contribution in [2.75, 3.05) is 40.9 Å². The molecule has 0 bridgehead atoms. The fourth-order valence-corrected chi connectivity index (χ4v) is 10.6. The number of quaternary nitrogens is 1. The van der Waals surface area contributed by atoms with Gasteiger partial charge in [0.15, 0.2) is 0 Å². The van der Waals surface area contributed by atoms with E-state index in [0.717, 1.165) is 89.9 Å². The van der Waals surface area contributed by atoms with Crippen LogP contribution < -0.4 is 10.2 Å². The van der Waals surface area contributed by atoms with Crippen LogP contribution in [0.5, 0.6) is 0 Å². The molecule has 1 N–H and O–H groups in total. The summed E-state index contributed by atoms with van der Waals surface area (Å²) in [7, 11) is 1.18. The third kappa shape index (κ3) is 60.3. The Morgan fingerprint density at radius 1 is 0.438 bits per heavy atom. The SMILES string of the molecule is CCCCC/C=C\C/C=C\C/C=C\CCCCCCCCCCCCCCC(=O)OC(/C=C\CCCCCCCCCCCCC)C(COP(=O)([O-])OCC[N+](C)(C)C)NC(=O)CCCCCCC/C=C/CCCCCCCCC. The van der Waals surface area contributed by atoms with E-state index in [1.54, 1.807) is 0 Å². The summed E-state index contributed by atoms with van der Waals surface area (Å²) in [5.41, 5.74) is 0. The molecule has 468 valence electrons. The van der Waals surface area contributed by atoms with E-state index in [2.05, 4.69) is 74.7 Å². The van der Waals surface area contributed by atoms with E-state index >= 15 is 0 Å². The molecule has 1 amide bonds. The molecule has 3 unspecified atom stereocenters. The summed E-state index contributed by atoms with van der Waals surface area (Å²) >= 11 is 0. The zero-order valence-electron chi connectivity index (χ0n) is 53.5. The smallest absolute Gasteiger partial charge is 0.306 e. The highest BCUT2D eigenvalue weighted by Crippen LogP contribution is 2.38. The number of likely N-dealkylation sites (N-methyl/N-ethyl adjacent to an activating group) is 1. The molecule has 10 heteroatoms. The minimum absolute atomic E-state index is 0.0242. The normalized spacial score (nSPS) is 13.9. The molecular weight excluding hydrogens is 1010 g/mol. The van der Waals surface area contributed by atoms with E-state index in [9.17, 15) is 19.0 Å². The Balaban J connectivity index is 5.13. The average molecular weight is 1140 g/mol. The highest BCUT2D eigenvalue weighted by atomic mass is 31.2. The Hall–Kier alpha value is -2.29. The Bertz CT molecular complexity index is 1550. The van der Waals surface area contributed by atoms with E-state index < -0.39 is 26.6 Å². The number of nitrogens with one attached hydrogen (secondary N) is 1. The molecule has 0 saturated heterocycles. The highest BCUT2D eigenvalue weighted by Gasteiger charge is 2.27. The summed E-state index contributed by atoms with van der Waals surface area (Å²) in [5, 5.41) is 3.03. The van der Waals surface area contributed by atoms with Crippen LogP contribution in [0.3, 0.4) is 0 Å². The topological polar surface area (TPSA) is 114 Å². The van der Waals surface area contributed by atoms with Gasteiger partial charge in [-0.2, -0.15) is 0 Å². The van der Waals surface area contributed by atoms with Gasteiger partial charge in [0, 0.05) is 12.8 Å². The maximum absolute atomic E-state index is 13.6. The second-order valence-corrected chi connectivity index (χ2v) is 25.7. The molecule has 0 saturated carbocycles. The molecule has 0 aliphatic heterocycles. The van der Waals surface area contributed by atoms with Gasteiger partial charge in [-0.1, -0.05) is 275 Å². The van der Waals surface area contributed by atoms with Gasteiger partial charge in [-0.15, -0.1) is 0 Å². The summed E-state index contributed by atoms with van der Waals surface area (Å²) in [6, 6.07) is -0.894. The van der Waals surface area contributed by atoms with Gasteiger partial charge < -0.3 is 28.5 Å². The lowest BCUT2D eigenvalue weighted by Gasteiger charge is -2.30. The quantitative estimate of drug-likeness (QED) is 0.0212. The molecule has 0 aromatic heterocycles. The summed E-state index contributed by atoms with van der Waals surface area (Å²) in [6.45, 7) is 6.84. The number of rotatable bonds is 62. The fourth-order valence-electron chi connectivity index (χ4n) is 9.88. The predicted octanol–water partition coefficient (Wildman–Crippen LogP) is 20.8. The van der Waals surface area contributed by atoms with Crippen molar-refractivity contribution in [2.45, 2.75) is 335 Å². The molecule has 0 heterocycles. The van der Waals surface area contributed by atoms with Gasteiger partial charge in [-0.3, -0.25) is 14.2 Å². The number of esters is 1. The second kappa shape index (κ2) is 59.9. The number of phosphoric acid groups is 1. The van der Waals surface area contributed by atoms with Gasteiger partial charge >= 0.3 is 5.97 Å². The van der Waals surface area contributed by atoms with Crippen molar-refractivity contribution in [3.05, 3.63) is 60.8 Å². The van der Waals surface area contributed by atoms with Crippen molar-refractivity contribution in [3.63, 3.8) is 0 Å². The first-order chi connectivity index (χ1) is 38.9. The van der Waals surface area contributed by atoms with Crippen LogP contribution in [-0.4, -0.2) is 69.4 Å². The number of unbranched alkanes of at least 4 members (excludes halogenated alkanes) is 38. The van der Waals surface area contributed by atoms with Crippen LogP contribution in [0.25, 0.3) is 0 Å². The lowest BCUT2D eigenvalue weighted by atomic mass is 10.0. The molecule has 0 rings (SSSR count). The molecule has 0 aromatic rings. The minimum atomic E-state index is -4.70. The summed E-state index contributed by atoms with van der Waals surface area (Å²) in [6.07, 6.45) is 76.2. The summed E-state index contributed by atoms with van der Waals surface area (Å²) in [4.78, 5) is 40.1. The molecule has 0 radical (unpaired) electrons. The maximum atomic E-state index is 13.6. The van der Waals surface area contributed by atoms with E-state index in [1.165, 1.54) is 199 Å². The third-order valence-electron chi connectivity index (χ3n) is 15.2. The number of phosphoric ester groups is 1. The van der Waals surface area contributed by atoms with Crippen LogP contribution in [-0.2, 0) is 27.9 Å². The van der Waals surface area contributed by atoms with Crippen LogP contribution >= 0.6 is 7.82 Å². The zero-order chi connectivity index (χ0) is 58.6. The number of amides is 1. The summed E-state index contributed by atoms with van der Waals surface area (Å²) in [5.74, 6) is -0.543. The van der Waals surface area contributed by atoms with Crippen molar-refractivity contribution in [3.8, 4) is 0 Å². The van der Waals surface area contributed by atoms with Crippen molar-refractivity contribution in [1.29, 1.82) is 0 Å². The van der Waals surface area contributed by atoms with Crippen LogP contribution in [0, 0.1) is 0 Å². The van der Waals surface area contributed by atoms with E-state index in [0.29, 0.717) is 17.4 Å². The molecule has 3 atom stereocenters. The Kier molecular flexibility index (Phi) is 58.1. The molecular formula is C70H131N2O7P. The van der Waals surface area contributed by atoms with Crippen LogP contribution in [0.1, 0.15) is 323 Å².